The van der Waals surface area contributed by atoms with Crippen LogP contribution in [0.4, 0.5) is 4.79 Å². The predicted molar refractivity (Wildman–Crippen MR) is 102 cm³/mol. The number of fused-ring (bicyclic) bond motifs is 1. The molecule has 6 nitrogen and oxygen atoms in total. The Labute approximate surface area is 157 Å². The average molecular weight is 363 g/mol. The number of carbonyl (C=O) groups is 1. The SMILES string of the molecule is CCN(CC)CC1CCN(C(=O)NCc2noc3c2CC(C)(C)CC3)C1. The van der Waals surface area contributed by atoms with Crippen LogP contribution in [-0.2, 0) is 19.4 Å². The summed E-state index contributed by atoms with van der Waals surface area (Å²) in [5, 5.41) is 7.28. The Morgan fingerprint density at radius 3 is 2.88 bits per heavy atom. The maximum Gasteiger partial charge on any atom is 0.317 e. The number of carbonyl (C=O) groups excluding carboxylic acids is 1. The Bertz CT molecular complexity index is 621. The minimum Gasteiger partial charge on any atom is -0.361 e. The Balaban J connectivity index is 1.50. The summed E-state index contributed by atoms with van der Waals surface area (Å²) in [5.41, 5.74) is 2.39. The van der Waals surface area contributed by atoms with Gasteiger partial charge in [-0.15, -0.1) is 0 Å². The van der Waals surface area contributed by atoms with Crippen LogP contribution in [-0.4, -0.2) is 53.7 Å². The van der Waals surface area contributed by atoms with E-state index < -0.39 is 0 Å². The summed E-state index contributed by atoms with van der Waals surface area (Å²) in [6, 6.07) is 0.0267. The Morgan fingerprint density at radius 2 is 2.15 bits per heavy atom. The monoisotopic (exact) mass is 362 g/mol. The van der Waals surface area contributed by atoms with Crippen LogP contribution in [0.1, 0.15) is 57.6 Å². The molecule has 3 rings (SSSR count). The smallest absolute Gasteiger partial charge is 0.317 e. The molecule has 26 heavy (non-hydrogen) atoms. The van der Waals surface area contributed by atoms with Crippen LogP contribution in [0, 0.1) is 11.3 Å². The summed E-state index contributed by atoms with van der Waals surface area (Å²) in [7, 11) is 0. The number of urea groups is 1. The lowest BCUT2D eigenvalue weighted by molar-refractivity contribution is 0.202. The molecule has 1 aromatic heterocycles. The minimum atomic E-state index is 0.0267. The summed E-state index contributed by atoms with van der Waals surface area (Å²) in [6.07, 6.45) is 4.15. The molecule has 1 N–H and O–H groups in total. The largest absolute Gasteiger partial charge is 0.361 e. The van der Waals surface area contributed by atoms with Gasteiger partial charge in [-0.05, 0) is 43.7 Å². The molecule has 2 amide bonds. The van der Waals surface area contributed by atoms with E-state index >= 15 is 0 Å². The van der Waals surface area contributed by atoms with Gasteiger partial charge in [0.1, 0.15) is 11.5 Å². The third-order valence-electron chi connectivity index (χ3n) is 6.03. The summed E-state index contributed by atoms with van der Waals surface area (Å²) in [4.78, 5) is 16.9. The predicted octanol–water partition coefficient (Wildman–Crippen LogP) is 3.06. The van der Waals surface area contributed by atoms with E-state index in [9.17, 15) is 4.79 Å². The number of nitrogens with zero attached hydrogens (tertiary/aromatic N) is 3. The topological polar surface area (TPSA) is 61.6 Å². The Kier molecular flexibility index (Phi) is 5.90. The van der Waals surface area contributed by atoms with Crippen molar-refractivity contribution in [2.45, 2.75) is 59.9 Å². The number of aryl methyl sites for hydroxylation is 1. The molecule has 146 valence electrons. The second-order valence-electron chi connectivity index (χ2n) is 8.62. The number of hydrogen-bond acceptors (Lipinski definition) is 4. The van der Waals surface area contributed by atoms with Gasteiger partial charge in [-0.2, -0.15) is 0 Å². The molecule has 0 saturated carbocycles. The highest BCUT2D eigenvalue weighted by atomic mass is 16.5. The van der Waals surface area contributed by atoms with Crippen molar-refractivity contribution in [1.82, 2.24) is 20.3 Å². The third kappa shape index (κ3) is 4.40. The first-order chi connectivity index (χ1) is 12.4. The van der Waals surface area contributed by atoms with E-state index in [2.05, 4.69) is 43.1 Å². The van der Waals surface area contributed by atoms with Crippen LogP contribution in [0.3, 0.4) is 0 Å². The number of rotatable bonds is 6. The Hall–Kier alpha value is -1.56. The maximum absolute atomic E-state index is 12.5. The van der Waals surface area contributed by atoms with Crippen molar-refractivity contribution in [3.05, 3.63) is 17.0 Å². The fraction of sp³-hybridized carbons (Fsp3) is 0.800. The number of aromatic nitrogens is 1. The van der Waals surface area contributed by atoms with E-state index in [1.807, 2.05) is 4.90 Å². The van der Waals surface area contributed by atoms with Crippen LogP contribution < -0.4 is 5.32 Å². The fourth-order valence-electron chi connectivity index (χ4n) is 4.22. The number of hydrogen-bond donors (Lipinski definition) is 1. The van der Waals surface area contributed by atoms with Crippen LogP contribution in [0.25, 0.3) is 0 Å². The standard InChI is InChI=1S/C20H34N4O2/c1-5-23(6-2)13-15-8-10-24(14-15)19(25)21-12-17-16-11-20(3,4)9-7-18(16)26-22-17/h15H,5-14H2,1-4H3,(H,21,25). The van der Waals surface area contributed by atoms with Gasteiger partial charge in [0.2, 0.25) is 0 Å². The van der Waals surface area contributed by atoms with Crippen LogP contribution >= 0.6 is 0 Å². The van der Waals surface area contributed by atoms with Crippen LogP contribution in [0.2, 0.25) is 0 Å². The summed E-state index contributed by atoms with van der Waals surface area (Å²) >= 11 is 0. The first-order valence-corrected chi connectivity index (χ1v) is 10.1. The van der Waals surface area contributed by atoms with Gasteiger partial charge in [-0.3, -0.25) is 0 Å². The summed E-state index contributed by atoms with van der Waals surface area (Å²) in [6.45, 7) is 14.4. The van der Waals surface area contributed by atoms with E-state index in [4.69, 9.17) is 4.52 Å². The van der Waals surface area contributed by atoms with E-state index in [1.165, 1.54) is 5.56 Å². The van der Waals surface area contributed by atoms with E-state index in [0.717, 1.165) is 69.9 Å². The zero-order chi connectivity index (χ0) is 18.7. The average Bonchev–Trinajstić information content (AvgIpc) is 3.23. The molecule has 1 unspecified atom stereocenters. The van der Waals surface area contributed by atoms with Crippen molar-refractivity contribution in [3.8, 4) is 0 Å². The van der Waals surface area contributed by atoms with Gasteiger partial charge in [-0.1, -0.05) is 32.9 Å². The van der Waals surface area contributed by atoms with Crippen molar-refractivity contribution < 1.29 is 9.32 Å². The molecule has 0 aromatic carbocycles. The number of amides is 2. The summed E-state index contributed by atoms with van der Waals surface area (Å²) in [5.74, 6) is 1.59. The summed E-state index contributed by atoms with van der Waals surface area (Å²) < 4.78 is 5.50. The molecule has 0 bridgehead atoms. The lowest BCUT2D eigenvalue weighted by atomic mass is 9.76. The quantitative estimate of drug-likeness (QED) is 0.845. The molecule has 2 heterocycles. The first kappa shape index (κ1) is 19.2. The molecule has 1 saturated heterocycles. The van der Waals surface area contributed by atoms with Gasteiger partial charge in [-0.25, -0.2) is 4.79 Å². The second kappa shape index (κ2) is 7.99. The highest BCUT2D eigenvalue weighted by Crippen LogP contribution is 2.36. The van der Waals surface area contributed by atoms with Gasteiger partial charge < -0.3 is 19.6 Å². The lowest BCUT2D eigenvalue weighted by Gasteiger charge is -2.28. The lowest BCUT2D eigenvalue weighted by Crippen LogP contribution is -2.39. The molecule has 1 aliphatic heterocycles. The normalized spacial score (nSPS) is 21.9. The zero-order valence-corrected chi connectivity index (χ0v) is 16.8. The van der Waals surface area contributed by atoms with Gasteiger partial charge in [0.15, 0.2) is 0 Å². The number of likely N-dealkylation sites (tertiary alicyclic amines) is 1. The van der Waals surface area contributed by atoms with Crippen molar-refractivity contribution in [2.24, 2.45) is 11.3 Å². The van der Waals surface area contributed by atoms with Crippen molar-refractivity contribution >= 4 is 6.03 Å². The molecule has 2 aliphatic rings. The van der Waals surface area contributed by atoms with Gasteiger partial charge >= 0.3 is 6.03 Å². The third-order valence-corrected chi connectivity index (χ3v) is 6.03. The molecule has 6 heteroatoms. The fourth-order valence-corrected chi connectivity index (χ4v) is 4.22. The molecule has 1 aromatic rings. The van der Waals surface area contributed by atoms with Crippen molar-refractivity contribution in [2.75, 3.05) is 32.7 Å². The minimum absolute atomic E-state index is 0.0267. The highest BCUT2D eigenvalue weighted by molar-refractivity contribution is 5.74. The molecule has 0 spiro atoms. The Morgan fingerprint density at radius 1 is 1.38 bits per heavy atom. The van der Waals surface area contributed by atoms with Crippen LogP contribution in [0.5, 0.6) is 0 Å². The molecular formula is C20H34N4O2. The van der Waals surface area contributed by atoms with Crippen molar-refractivity contribution in [1.29, 1.82) is 0 Å². The van der Waals surface area contributed by atoms with E-state index in [0.29, 0.717) is 12.5 Å². The highest BCUT2D eigenvalue weighted by Gasteiger charge is 2.31. The van der Waals surface area contributed by atoms with Gasteiger partial charge in [0.05, 0.1) is 6.54 Å². The van der Waals surface area contributed by atoms with Gasteiger partial charge in [0, 0.05) is 31.6 Å². The molecule has 0 radical (unpaired) electrons. The van der Waals surface area contributed by atoms with Gasteiger partial charge in [0.25, 0.3) is 0 Å². The second-order valence-corrected chi connectivity index (χ2v) is 8.62. The van der Waals surface area contributed by atoms with E-state index in [-0.39, 0.29) is 11.4 Å². The van der Waals surface area contributed by atoms with Crippen LogP contribution in [0.15, 0.2) is 4.52 Å². The number of nitrogens with one attached hydrogen (secondary N) is 1. The molecular weight excluding hydrogens is 328 g/mol. The van der Waals surface area contributed by atoms with E-state index in [1.54, 1.807) is 0 Å². The first-order valence-electron chi connectivity index (χ1n) is 10.1. The molecule has 1 atom stereocenters. The maximum atomic E-state index is 12.5. The zero-order valence-electron chi connectivity index (χ0n) is 16.8. The molecule has 1 fully saturated rings. The van der Waals surface area contributed by atoms with Crippen molar-refractivity contribution in [3.63, 3.8) is 0 Å². The molecule has 1 aliphatic carbocycles.